The van der Waals surface area contributed by atoms with E-state index >= 15 is 0 Å². The fourth-order valence-electron chi connectivity index (χ4n) is 4.38. The lowest BCUT2D eigenvalue weighted by Gasteiger charge is -2.40. The van der Waals surface area contributed by atoms with Crippen LogP contribution in [0.25, 0.3) is 0 Å². The van der Waals surface area contributed by atoms with E-state index < -0.39 is 11.9 Å². The predicted molar refractivity (Wildman–Crippen MR) is 78.8 cm³/mol. The fourth-order valence-corrected chi connectivity index (χ4v) is 4.38. The number of carbonyl (C=O) groups excluding carboxylic acids is 1. The zero-order chi connectivity index (χ0) is 15.0. The average Bonchev–Trinajstić information content (AvgIpc) is 2.88. The molecule has 5 nitrogen and oxygen atoms in total. The zero-order valence-corrected chi connectivity index (χ0v) is 12.8. The van der Waals surface area contributed by atoms with Crippen LogP contribution in [0, 0.1) is 17.8 Å². The second-order valence-electron chi connectivity index (χ2n) is 7.11. The highest BCUT2D eigenvalue weighted by Gasteiger charge is 2.41. The molecule has 0 aromatic carbocycles. The van der Waals surface area contributed by atoms with Gasteiger partial charge in [-0.1, -0.05) is 19.8 Å². The summed E-state index contributed by atoms with van der Waals surface area (Å²) < 4.78 is 0. The first-order valence-electron chi connectivity index (χ1n) is 8.34. The van der Waals surface area contributed by atoms with Crippen molar-refractivity contribution in [2.45, 2.75) is 57.5 Å². The second kappa shape index (κ2) is 5.95. The Morgan fingerprint density at radius 3 is 2.57 bits per heavy atom. The van der Waals surface area contributed by atoms with Crippen molar-refractivity contribution in [1.29, 1.82) is 0 Å². The number of hydrogen-bond acceptors (Lipinski definition) is 3. The topological polar surface area (TPSA) is 69.6 Å². The number of aliphatic carboxylic acids is 1. The number of hydrogen-bond donors (Lipinski definition) is 2. The largest absolute Gasteiger partial charge is 0.481 e. The van der Waals surface area contributed by atoms with Crippen LogP contribution in [0.3, 0.4) is 0 Å². The SMILES string of the molecule is C[C@@H]1CN(C(=O)C2CCC3CCCCC3N2)C[C@H]1C(=O)O. The number of nitrogens with one attached hydrogen (secondary N) is 1. The average molecular weight is 294 g/mol. The van der Waals surface area contributed by atoms with Crippen LogP contribution in [0.1, 0.15) is 45.4 Å². The Morgan fingerprint density at radius 1 is 1.10 bits per heavy atom. The Balaban J connectivity index is 1.60. The van der Waals surface area contributed by atoms with E-state index in [1.54, 1.807) is 4.90 Å². The molecule has 3 fully saturated rings. The van der Waals surface area contributed by atoms with E-state index in [-0.39, 0.29) is 17.9 Å². The normalized spacial score (nSPS) is 39.9. The van der Waals surface area contributed by atoms with Gasteiger partial charge in [-0.2, -0.15) is 0 Å². The summed E-state index contributed by atoms with van der Waals surface area (Å²) in [7, 11) is 0. The molecule has 2 saturated heterocycles. The van der Waals surface area contributed by atoms with E-state index in [0.29, 0.717) is 19.1 Å². The number of nitrogens with zero attached hydrogens (tertiary/aromatic N) is 1. The van der Waals surface area contributed by atoms with Gasteiger partial charge in [-0.15, -0.1) is 0 Å². The van der Waals surface area contributed by atoms with Crippen molar-refractivity contribution in [1.82, 2.24) is 10.2 Å². The first-order valence-corrected chi connectivity index (χ1v) is 8.34. The summed E-state index contributed by atoms with van der Waals surface area (Å²) in [5.74, 6) is -0.263. The third-order valence-electron chi connectivity index (χ3n) is 5.69. The van der Waals surface area contributed by atoms with Crippen molar-refractivity contribution in [2.75, 3.05) is 13.1 Å². The maximum Gasteiger partial charge on any atom is 0.308 e. The van der Waals surface area contributed by atoms with E-state index in [2.05, 4.69) is 5.32 Å². The van der Waals surface area contributed by atoms with Gasteiger partial charge in [0.25, 0.3) is 0 Å². The molecule has 21 heavy (non-hydrogen) atoms. The molecular weight excluding hydrogens is 268 g/mol. The van der Waals surface area contributed by atoms with Crippen LogP contribution in [-0.2, 0) is 9.59 Å². The molecule has 0 spiro atoms. The Labute approximate surface area is 126 Å². The third-order valence-corrected chi connectivity index (χ3v) is 5.69. The van der Waals surface area contributed by atoms with Crippen LogP contribution in [-0.4, -0.2) is 47.1 Å². The molecule has 1 aliphatic carbocycles. The van der Waals surface area contributed by atoms with E-state index in [1.165, 1.54) is 25.7 Å². The highest BCUT2D eigenvalue weighted by Crippen LogP contribution is 2.33. The highest BCUT2D eigenvalue weighted by atomic mass is 16.4. The van der Waals surface area contributed by atoms with Crippen LogP contribution < -0.4 is 5.32 Å². The number of carboxylic acids is 1. The molecule has 3 rings (SSSR count). The lowest BCUT2D eigenvalue weighted by Crippen LogP contribution is -2.55. The standard InChI is InChI=1S/C16H26N2O3/c1-10-8-18(9-12(10)16(20)21)15(19)14-7-6-11-4-2-3-5-13(11)17-14/h10-14,17H,2-9H2,1H3,(H,20,21)/t10-,11?,12-,13?,14?/m1/s1. The van der Waals surface area contributed by atoms with Gasteiger partial charge in [-0.25, -0.2) is 0 Å². The van der Waals surface area contributed by atoms with Crippen molar-refractivity contribution >= 4 is 11.9 Å². The van der Waals surface area contributed by atoms with E-state index in [4.69, 9.17) is 0 Å². The Morgan fingerprint density at radius 2 is 1.86 bits per heavy atom. The van der Waals surface area contributed by atoms with E-state index in [0.717, 1.165) is 18.8 Å². The van der Waals surface area contributed by atoms with Gasteiger partial charge in [0.1, 0.15) is 0 Å². The number of piperidine rings is 1. The minimum absolute atomic E-state index is 0.0532. The van der Waals surface area contributed by atoms with Crippen LogP contribution in [0.15, 0.2) is 0 Å². The molecule has 2 N–H and O–H groups in total. The summed E-state index contributed by atoms with van der Waals surface area (Å²) in [4.78, 5) is 25.6. The lowest BCUT2D eigenvalue weighted by atomic mass is 9.77. The number of rotatable bonds is 2. The smallest absolute Gasteiger partial charge is 0.308 e. The maximum absolute atomic E-state index is 12.7. The first-order chi connectivity index (χ1) is 10.1. The van der Waals surface area contributed by atoms with Gasteiger partial charge in [-0.3, -0.25) is 9.59 Å². The molecule has 2 heterocycles. The van der Waals surface area contributed by atoms with Gasteiger partial charge < -0.3 is 15.3 Å². The number of carboxylic acid groups (broad SMARTS) is 1. The third kappa shape index (κ3) is 2.93. The Hall–Kier alpha value is -1.10. The summed E-state index contributed by atoms with van der Waals surface area (Å²) in [5.41, 5.74) is 0. The van der Waals surface area contributed by atoms with Crippen LogP contribution in [0.5, 0.6) is 0 Å². The number of fused-ring (bicyclic) bond motifs is 1. The first kappa shape index (κ1) is 14.8. The molecule has 3 aliphatic rings. The summed E-state index contributed by atoms with van der Waals surface area (Å²) in [6, 6.07) is 0.404. The van der Waals surface area contributed by atoms with Gasteiger partial charge in [0.2, 0.25) is 5.91 Å². The minimum Gasteiger partial charge on any atom is -0.481 e. The molecule has 0 bridgehead atoms. The van der Waals surface area contributed by atoms with Crippen LogP contribution >= 0.6 is 0 Å². The Bertz CT molecular complexity index is 426. The number of carbonyl (C=O) groups is 2. The van der Waals surface area contributed by atoms with Gasteiger partial charge in [0.05, 0.1) is 12.0 Å². The van der Waals surface area contributed by atoms with Crippen LogP contribution in [0.4, 0.5) is 0 Å². The Kier molecular flexibility index (Phi) is 4.20. The lowest BCUT2D eigenvalue weighted by molar-refractivity contribution is -0.142. The maximum atomic E-state index is 12.7. The molecule has 1 saturated carbocycles. The monoisotopic (exact) mass is 294 g/mol. The van der Waals surface area contributed by atoms with Gasteiger partial charge in [0.15, 0.2) is 0 Å². The molecule has 5 heteroatoms. The number of likely N-dealkylation sites (tertiary alicyclic amines) is 1. The predicted octanol–water partition coefficient (Wildman–Crippen LogP) is 1.48. The highest BCUT2D eigenvalue weighted by molar-refractivity contribution is 5.83. The van der Waals surface area contributed by atoms with E-state index in [9.17, 15) is 14.7 Å². The molecule has 3 unspecified atom stereocenters. The van der Waals surface area contributed by atoms with Gasteiger partial charge >= 0.3 is 5.97 Å². The molecule has 0 aromatic heterocycles. The van der Waals surface area contributed by atoms with Crippen molar-refractivity contribution in [3.8, 4) is 0 Å². The van der Waals surface area contributed by atoms with Crippen LogP contribution in [0.2, 0.25) is 0 Å². The number of amides is 1. The molecule has 5 atom stereocenters. The molecule has 2 aliphatic heterocycles. The molecule has 118 valence electrons. The molecular formula is C16H26N2O3. The summed E-state index contributed by atoms with van der Waals surface area (Å²) in [6.07, 6.45) is 7.10. The minimum atomic E-state index is -0.776. The quantitative estimate of drug-likeness (QED) is 0.809. The van der Waals surface area contributed by atoms with Crippen molar-refractivity contribution in [2.24, 2.45) is 17.8 Å². The summed E-state index contributed by atoms with van der Waals surface area (Å²) in [6.45, 7) is 2.89. The van der Waals surface area contributed by atoms with Crippen molar-refractivity contribution in [3.63, 3.8) is 0 Å². The zero-order valence-electron chi connectivity index (χ0n) is 12.8. The fraction of sp³-hybridized carbons (Fsp3) is 0.875. The van der Waals surface area contributed by atoms with Crippen molar-refractivity contribution < 1.29 is 14.7 Å². The van der Waals surface area contributed by atoms with E-state index in [1.807, 2.05) is 6.92 Å². The van der Waals surface area contributed by atoms with Gasteiger partial charge in [0, 0.05) is 19.1 Å². The summed E-state index contributed by atoms with van der Waals surface area (Å²) in [5, 5.41) is 12.7. The van der Waals surface area contributed by atoms with Gasteiger partial charge in [-0.05, 0) is 37.5 Å². The van der Waals surface area contributed by atoms with Crippen molar-refractivity contribution in [3.05, 3.63) is 0 Å². The summed E-state index contributed by atoms with van der Waals surface area (Å²) >= 11 is 0. The molecule has 0 aromatic rings. The molecule has 0 radical (unpaired) electrons. The second-order valence-corrected chi connectivity index (χ2v) is 7.11. The molecule has 1 amide bonds.